The van der Waals surface area contributed by atoms with E-state index in [4.69, 9.17) is 4.74 Å². The summed E-state index contributed by atoms with van der Waals surface area (Å²) in [6.45, 7) is 4.98. The summed E-state index contributed by atoms with van der Waals surface area (Å²) in [5, 5.41) is 2.90. The highest BCUT2D eigenvalue weighted by molar-refractivity contribution is 6.07. The molecule has 3 rings (SSSR count). The molecule has 5 heteroatoms. The lowest BCUT2D eigenvalue weighted by Crippen LogP contribution is -2.44. The number of rotatable bonds is 5. The van der Waals surface area contributed by atoms with Gasteiger partial charge < -0.3 is 10.1 Å². The lowest BCUT2D eigenvalue weighted by molar-refractivity contribution is -0.131. The standard InChI is InChI=1S/C18H24N2O3/c1-13-10-14(2)12-15(11-13)23-9-5-8-20-16(21)18(19-17(20)22)6-3-4-7-18/h10-12H,3-9H2,1-2H3,(H,19,22). The molecule has 1 aromatic carbocycles. The van der Waals surface area contributed by atoms with Gasteiger partial charge in [-0.25, -0.2) is 4.79 Å². The van der Waals surface area contributed by atoms with Crippen molar-refractivity contribution in [1.29, 1.82) is 0 Å². The van der Waals surface area contributed by atoms with E-state index in [2.05, 4.69) is 11.4 Å². The largest absolute Gasteiger partial charge is 0.494 e. The van der Waals surface area contributed by atoms with Crippen LogP contribution in [0.15, 0.2) is 18.2 Å². The SMILES string of the molecule is Cc1cc(C)cc(OCCCN2C(=O)NC3(CCCC3)C2=O)c1. The number of amides is 3. The number of hydrogen-bond donors (Lipinski definition) is 1. The Morgan fingerprint density at radius 3 is 2.43 bits per heavy atom. The molecule has 1 saturated carbocycles. The summed E-state index contributed by atoms with van der Waals surface area (Å²) in [7, 11) is 0. The summed E-state index contributed by atoms with van der Waals surface area (Å²) in [6.07, 6.45) is 4.20. The fraction of sp³-hybridized carbons (Fsp3) is 0.556. The van der Waals surface area contributed by atoms with Crippen LogP contribution in [0.25, 0.3) is 0 Å². The lowest BCUT2D eigenvalue weighted by atomic mass is 9.98. The summed E-state index contributed by atoms with van der Waals surface area (Å²) in [5.41, 5.74) is 1.72. The van der Waals surface area contributed by atoms with Crippen LogP contribution in [0.5, 0.6) is 5.75 Å². The molecular weight excluding hydrogens is 292 g/mol. The average molecular weight is 316 g/mol. The maximum atomic E-state index is 12.5. The number of benzene rings is 1. The van der Waals surface area contributed by atoms with Gasteiger partial charge in [0.05, 0.1) is 6.61 Å². The van der Waals surface area contributed by atoms with Crippen LogP contribution in [0.4, 0.5) is 4.79 Å². The molecule has 0 radical (unpaired) electrons. The molecule has 2 fully saturated rings. The normalized spacial score (nSPS) is 19.5. The molecule has 1 saturated heterocycles. The summed E-state index contributed by atoms with van der Waals surface area (Å²) in [5.74, 6) is 0.790. The van der Waals surface area contributed by atoms with Gasteiger partial charge in [0.25, 0.3) is 5.91 Å². The highest BCUT2D eigenvalue weighted by Gasteiger charge is 2.51. The van der Waals surface area contributed by atoms with Crippen molar-refractivity contribution in [3.8, 4) is 5.75 Å². The zero-order valence-electron chi connectivity index (χ0n) is 13.9. The van der Waals surface area contributed by atoms with Crippen molar-refractivity contribution >= 4 is 11.9 Å². The van der Waals surface area contributed by atoms with E-state index in [1.54, 1.807) is 0 Å². The Morgan fingerprint density at radius 1 is 1.13 bits per heavy atom. The first kappa shape index (κ1) is 15.8. The summed E-state index contributed by atoms with van der Waals surface area (Å²) in [6, 6.07) is 5.84. The van der Waals surface area contributed by atoms with Crippen molar-refractivity contribution in [2.45, 2.75) is 51.5 Å². The van der Waals surface area contributed by atoms with Crippen molar-refractivity contribution in [3.63, 3.8) is 0 Å². The van der Waals surface area contributed by atoms with E-state index in [1.165, 1.54) is 4.90 Å². The number of aryl methyl sites for hydroxylation is 2. The van der Waals surface area contributed by atoms with E-state index in [0.29, 0.717) is 19.6 Å². The van der Waals surface area contributed by atoms with Crippen LogP contribution in [-0.4, -0.2) is 35.5 Å². The second kappa shape index (κ2) is 6.22. The fourth-order valence-electron chi connectivity index (χ4n) is 3.63. The molecule has 2 aliphatic rings. The number of nitrogens with one attached hydrogen (secondary N) is 1. The highest BCUT2D eigenvalue weighted by atomic mass is 16.5. The number of nitrogens with zero attached hydrogens (tertiary/aromatic N) is 1. The Bertz CT molecular complexity index is 600. The molecule has 1 heterocycles. The molecule has 0 aromatic heterocycles. The molecule has 1 aliphatic carbocycles. The average Bonchev–Trinajstić information content (AvgIpc) is 3.03. The summed E-state index contributed by atoms with van der Waals surface area (Å²) >= 11 is 0. The molecule has 0 unspecified atom stereocenters. The number of imide groups is 1. The third-order valence-electron chi connectivity index (χ3n) is 4.69. The van der Waals surface area contributed by atoms with Gasteiger partial charge in [-0.1, -0.05) is 18.9 Å². The van der Waals surface area contributed by atoms with Crippen LogP contribution in [0.2, 0.25) is 0 Å². The van der Waals surface area contributed by atoms with Crippen molar-refractivity contribution in [2.75, 3.05) is 13.2 Å². The topological polar surface area (TPSA) is 58.6 Å². The molecule has 1 N–H and O–H groups in total. The maximum Gasteiger partial charge on any atom is 0.325 e. The minimum absolute atomic E-state index is 0.0496. The van der Waals surface area contributed by atoms with Crippen LogP contribution in [0, 0.1) is 13.8 Å². The van der Waals surface area contributed by atoms with Gasteiger partial charge >= 0.3 is 6.03 Å². The second-order valence-corrected chi connectivity index (χ2v) is 6.70. The molecular formula is C18H24N2O3. The summed E-state index contributed by atoms with van der Waals surface area (Å²) in [4.78, 5) is 25.9. The van der Waals surface area contributed by atoms with Crippen molar-refractivity contribution < 1.29 is 14.3 Å². The molecule has 3 amide bonds. The maximum absolute atomic E-state index is 12.5. The Kier molecular flexibility index (Phi) is 4.28. The lowest BCUT2D eigenvalue weighted by Gasteiger charge is -2.20. The molecule has 0 atom stereocenters. The van der Waals surface area contributed by atoms with Crippen molar-refractivity contribution in [1.82, 2.24) is 10.2 Å². The van der Waals surface area contributed by atoms with Crippen LogP contribution >= 0.6 is 0 Å². The van der Waals surface area contributed by atoms with Gasteiger partial charge in [0, 0.05) is 6.54 Å². The first-order valence-electron chi connectivity index (χ1n) is 8.35. The van der Waals surface area contributed by atoms with Gasteiger partial charge in [-0.3, -0.25) is 9.69 Å². The van der Waals surface area contributed by atoms with E-state index in [1.807, 2.05) is 26.0 Å². The quantitative estimate of drug-likeness (QED) is 0.671. The van der Waals surface area contributed by atoms with Crippen LogP contribution in [0.3, 0.4) is 0 Å². The zero-order chi connectivity index (χ0) is 16.4. The van der Waals surface area contributed by atoms with Gasteiger partial charge in [-0.15, -0.1) is 0 Å². The molecule has 1 spiro atoms. The molecule has 1 aromatic rings. The third kappa shape index (κ3) is 3.19. The Balaban J connectivity index is 1.51. The number of ether oxygens (including phenoxy) is 1. The van der Waals surface area contributed by atoms with Gasteiger partial charge in [-0.05, 0) is 56.4 Å². The monoisotopic (exact) mass is 316 g/mol. The third-order valence-corrected chi connectivity index (χ3v) is 4.69. The van der Waals surface area contributed by atoms with Gasteiger partial charge in [0.1, 0.15) is 11.3 Å². The van der Waals surface area contributed by atoms with Gasteiger partial charge in [0.2, 0.25) is 0 Å². The smallest absolute Gasteiger partial charge is 0.325 e. The van der Waals surface area contributed by atoms with E-state index in [9.17, 15) is 9.59 Å². The molecule has 1 aliphatic heterocycles. The predicted molar refractivity (Wildman–Crippen MR) is 87.5 cm³/mol. The van der Waals surface area contributed by atoms with E-state index in [-0.39, 0.29) is 11.9 Å². The van der Waals surface area contributed by atoms with E-state index in [0.717, 1.165) is 42.6 Å². The second-order valence-electron chi connectivity index (χ2n) is 6.70. The Morgan fingerprint density at radius 2 is 1.78 bits per heavy atom. The minimum Gasteiger partial charge on any atom is -0.494 e. The van der Waals surface area contributed by atoms with Crippen molar-refractivity contribution in [2.24, 2.45) is 0 Å². The van der Waals surface area contributed by atoms with Crippen LogP contribution in [-0.2, 0) is 4.79 Å². The Labute approximate surface area is 137 Å². The number of carbonyl (C=O) groups is 2. The molecule has 124 valence electrons. The number of urea groups is 1. The Hall–Kier alpha value is -2.04. The summed E-state index contributed by atoms with van der Waals surface area (Å²) < 4.78 is 5.75. The minimum atomic E-state index is -0.606. The predicted octanol–water partition coefficient (Wildman–Crippen LogP) is 2.94. The van der Waals surface area contributed by atoms with Crippen molar-refractivity contribution in [3.05, 3.63) is 29.3 Å². The first-order chi connectivity index (χ1) is 11.0. The molecule has 5 nitrogen and oxygen atoms in total. The fourth-order valence-corrected chi connectivity index (χ4v) is 3.63. The zero-order valence-corrected chi connectivity index (χ0v) is 13.9. The van der Waals surface area contributed by atoms with Crippen LogP contribution in [0.1, 0.15) is 43.2 Å². The number of carbonyl (C=O) groups excluding carboxylic acids is 2. The molecule has 0 bridgehead atoms. The molecule has 23 heavy (non-hydrogen) atoms. The van der Waals surface area contributed by atoms with E-state index >= 15 is 0 Å². The number of hydrogen-bond acceptors (Lipinski definition) is 3. The first-order valence-corrected chi connectivity index (χ1v) is 8.35. The van der Waals surface area contributed by atoms with Gasteiger partial charge in [-0.2, -0.15) is 0 Å². The van der Waals surface area contributed by atoms with Gasteiger partial charge in [0.15, 0.2) is 0 Å². The van der Waals surface area contributed by atoms with Crippen LogP contribution < -0.4 is 10.1 Å². The highest BCUT2D eigenvalue weighted by Crippen LogP contribution is 2.35. The van der Waals surface area contributed by atoms with E-state index < -0.39 is 5.54 Å².